The van der Waals surface area contributed by atoms with Crippen molar-refractivity contribution in [2.24, 2.45) is 5.92 Å². The molecule has 0 spiro atoms. The van der Waals surface area contributed by atoms with E-state index in [-0.39, 0.29) is 36.2 Å². The summed E-state index contributed by atoms with van der Waals surface area (Å²) in [6, 6.07) is 1.11. The van der Waals surface area contributed by atoms with Crippen molar-refractivity contribution in [2.45, 2.75) is 70.6 Å². The van der Waals surface area contributed by atoms with E-state index >= 15 is 0 Å². The van der Waals surface area contributed by atoms with Crippen molar-refractivity contribution in [3.05, 3.63) is 12.3 Å². The summed E-state index contributed by atoms with van der Waals surface area (Å²) in [5, 5.41) is 7.23. The molecule has 2 aliphatic rings. The van der Waals surface area contributed by atoms with Gasteiger partial charge in [0.15, 0.2) is 11.6 Å². The lowest BCUT2D eigenvalue weighted by Crippen LogP contribution is -2.46. The molecule has 0 radical (unpaired) electrons. The molecule has 28 heavy (non-hydrogen) atoms. The zero-order valence-electron chi connectivity index (χ0n) is 16.9. The Labute approximate surface area is 165 Å². The molecule has 1 aliphatic heterocycles. The van der Waals surface area contributed by atoms with Crippen molar-refractivity contribution in [1.29, 1.82) is 0 Å². The highest BCUT2D eigenvalue weighted by Crippen LogP contribution is 2.31. The van der Waals surface area contributed by atoms with Crippen LogP contribution >= 0.6 is 0 Å². The number of rotatable bonds is 8. The summed E-state index contributed by atoms with van der Waals surface area (Å²) in [5.74, 6) is 0.202. The third kappa shape index (κ3) is 4.98. The molecule has 2 fully saturated rings. The van der Waals surface area contributed by atoms with Crippen LogP contribution in [0.25, 0.3) is 0 Å². The number of amides is 2. The van der Waals surface area contributed by atoms with Crippen molar-refractivity contribution >= 4 is 23.4 Å². The minimum Gasteiger partial charge on any atom is -0.377 e. The Balaban J connectivity index is 1.69. The van der Waals surface area contributed by atoms with Crippen LogP contribution in [-0.4, -0.2) is 57.6 Å². The van der Waals surface area contributed by atoms with Gasteiger partial charge in [0.05, 0.1) is 25.1 Å². The van der Waals surface area contributed by atoms with Gasteiger partial charge in [-0.2, -0.15) is 5.10 Å². The Bertz CT molecular complexity index is 736. The summed E-state index contributed by atoms with van der Waals surface area (Å²) in [6.45, 7) is 4.49. The molecule has 0 bridgehead atoms. The van der Waals surface area contributed by atoms with Gasteiger partial charge in [0.2, 0.25) is 11.8 Å². The average Bonchev–Trinajstić information content (AvgIpc) is 3.35. The first-order chi connectivity index (χ1) is 13.3. The number of nitrogens with zero attached hydrogens (tertiary/aromatic N) is 3. The van der Waals surface area contributed by atoms with Crippen molar-refractivity contribution in [3.63, 3.8) is 0 Å². The zero-order chi connectivity index (χ0) is 20.3. The topological polar surface area (TPSA) is 93.5 Å². The highest BCUT2D eigenvalue weighted by Gasteiger charge is 2.38. The molecular formula is C20H30N4O4. The number of carbonyl (C=O) groups excluding carboxylic acids is 3. The molecule has 8 heteroatoms. The molecule has 1 aliphatic carbocycles. The van der Waals surface area contributed by atoms with Crippen molar-refractivity contribution < 1.29 is 19.1 Å². The van der Waals surface area contributed by atoms with E-state index in [4.69, 9.17) is 4.74 Å². The van der Waals surface area contributed by atoms with Gasteiger partial charge in [0, 0.05) is 19.4 Å². The number of hydrogen-bond acceptors (Lipinski definition) is 5. The van der Waals surface area contributed by atoms with E-state index in [2.05, 4.69) is 10.4 Å². The fraction of sp³-hybridized carbons (Fsp3) is 0.700. The third-order valence-corrected chi connectivity index (χ3v) is 5.71. The van der Waals surface area contributed by atoms with Gasteiger partial charge in [0.25, 0.3) is 0 Å². The Kier molecular flexibility index (Phi) is 6.17. The summed E-state index contributed by atoms with van der Waals surface area (Å²) in [4.78, 5) is 38.4. The van der Waals surface area contributed by atoms with Crippen LogP contribution in [0, 0.1) is 5.92 Å². The number of carbonyl (C=O) groups is 3. The highest BCUT2D eigenvalue weighted by atomic mass is 16.5. The van der Waals surface area contributed by atoms with Gasteiger partial charge in [0.1, 0.15) is 6.04 Å². The lowest BCUT2D eigenvalue weighted by atomic mass is 9.97. The van der Waals surface area contributed by atoms with Crippen LogP contribution in [0.1, 0.15) is 52.4 Å². The standard InChI is InChI=1S/C20H30N4O4/c1-20(2,28-3)13-23-9-8-17(22-23)21-19(27)16(10-14-6-4-5-7-14)24-12-15(25)11-18(24)26/h8-9,14,16H,4-7,10-13H2,1-3H3,(H,21,22,27)/t16-/m0/s1. The maximum Gasteiger partial charge on any atom is 0.248 e. The number of aromatic nitrogens is 2. The monoisotopic (exact) mass is 390 g/mol. The van der Waals surface area contributed by atoms with Crippen molar-refractivity contribution in [1.82, 2.24) is 14.7 Å². The quantitative estimate of drug-likeness (QED) is 0.685. The van der Waals surface area contributed by atoms with Gasteiger partial charge in [-0.3, -0.25) is 19.1 Å². The lowest BCUT2D eigenvalue weighted by Gasteiger charge is -2.28. The number of ether oxygens (including phenoxy) is 1. The Hall–Kier alpha value is -2.22. The number of Topliss-reactive ketones (excluding diaryl/α,β-unsaturated/α-hetero) is 1. The van der Waals surface area contributed by atoms with Crippen LogP contribution in [0.2, 0.25) is 0 Å². The normalized spacial score (nSPS) is 19.5. The molecule has 2 heterocycles. The van der Waals surface area contributed by atoms with E-state index in [0.717, 1.165) is 25.7 Å². The number of nitrogens with one attached hydrogen (secondary N) is 1. The van der Waals surface area contributed by atoms with E-state index in [1.54, 1.807) is 24.1 Å². The maximum absolute atomic E-state index is 13.0. The number of anilines is 1. The predicted octanol–water partition coefficient (Wildman–Crippen LogP) is 2.00. The number of methoxy groups -OCH3 is 1. The second kappa shape index (κ2) is 8.43. The van der Waals surface area contributed by atoms with E-state index in [0.29, 0.717) is 24.7 Å². The van der Waals surface area contributed by atoms with Crippen LogP contribution in [0.4, 0.5) is 5.82 Å². The number of hydrogen-bond donors (Lipinski definition) is 1. The molecule has 0 aromatic carbocycles. The molecule has 1 atom stereocenters. The molecule has 1 saturated heterocycles. The summed E-state index contributed by atoms with van der Waals surface area (Å²) in [7, 11) is 1.65. The van der Waals surface area contributed by atoms with E-state index in [1.165, 1.54) is 4.90 Å². The van der Waals surface area contributed by atoms with Crippen LogP contribution in [0.5, 0.6) is 0 Å². The molecular weight excluding hydrogens is 360 g/mol. The summed E-state index contributed by atoms with van der Waals surface area (Å²) >= 11 is 0. The second-order valence-electron chi connectivity index (χ2n) is 8.49. The van der Waals surface area contributed by atoms with Crippen LogP contribution < -0.4 is 5.32 Å². The SMILES string of the molecule is COC(C)(C)Cn1ccc(NC(=O)[C@H](CC2CCCC2)N2CC(=O)CC2=O)n1. The second-order valence-corrected chi connectivity index (χ2v) is 8.49. The summed E-state index contributed by atoms with van der Waals surface area (Å²) in [6.07, 6.45) is 6.74. The first-order valence-electron chi connectivity index (χ1n) is 9.98. The largest absolute Gasteiger partial charge is 0.377 e. The minimum absolute atomic E-state index is 0.0279. The molecule has 3 rings (SSSR count). The third-order valence-electron chi connectivity index (χ3n) is 5.71. The van der Waals surface area contributed by atoms with E-state index < -0.39 is 6.04 Å². The van der Waals surface area contributed by atoms with Gasteiger partial charge in [-0.05, 0) is 26.2 Å². The van der Waals surface area contributed by atoms with E-state index in [1.807, 2.05) is 13.8 Å². The maximum atomic E-state index is 13.0. The predicted molar refractivity (Wildman–Crippen MR) is 104 cm³/mol. The van der Waals surface area contributed by atoms with Crippen LogP contribution in [0.3, 0.4) is 0 Å². The van der Waals surface area contributed by atoms with Crippen molar-refractivity contribution in [3.8, 4) is 0 Å². The fourth-order valence-corrected chi connectivity index (χ4v) is 4.01. The van der Waals surface area contributed by atoms with Crippen LogP contribution in [-0.2, 0) is 25.7 Å². The van der Waals surface area contributed by atoms with Gasteiger partial charge < -0.3 is 15.0 Å². The van der Waals surface area contributed by atoms with Gasteiger partial charge >= 0.3 is 0 Å². The first-order valence-corrected chi connectivity index (χ1v) is 9.98. The van der Waals surface area contributed by atoms with Crippen LogP contribution in [0.15, 0.2) is 12.3 Å². The Morgan fingerprint density at radius 1 is 1.36 bits per heavy atom. The van der Waals surface area contributed by atoms with Gasteiger partial charge in [-0.15, -0.1) is 0 Å². The first kappa shape index (κ1) is 20.5. The molecule has 8 nitrogen and oxygen atoms in total. The Morgan fingerprint density at radius 2 is 2.07 bits per heavy atom. The average molecular weight is 390 g/mol. The molecule has 1 saturated carbocycles. The molecule has 1 aromatic heterocycles. The molecule has 2 amide bonds. The van der Waals surface area contributed by atoms with Gasteiger partial charge in [-0.25, -0.2) is 0 Å². The number of likely N-dealkylation sites (tertiary alicyclic amines) is 1. The lowest BCUT2D eigenvalue weighted by molar-refractivity contribution is -0.135. The minimum atomic E-state index is -0.623. The molecule has 1 N–H and O–H groups in total. The number of ketones is 1. The van der Waals surface area contributed by atoms with E-state index in [9.17, 15) is 14.4 Å². The van der Waals surface area contributed by atoms with Crippen molar-refractivity contribution in [2.75, 3.05) is 19.0 Å². The fourth-order valence-electron chi connectivity index (χ4n) is 4.01. The zero-order valence-corrected chi connectivity index (χ0v) is 16.9. The summed E-state index contributed by atoms with van der Waals surface area (Å²) < 4.78 is 7.13. The molecule has 154 valence electrons. The van der Waals surface area contributed by atoms with Gasteiger partial charge in [-0.1, -0.05) is 25.7 Å². The summed E-state index contributed by atoms with van der Waals surface area (Å²) in [5.41, 5.74) is -0.374. The highest BCUT2D eigenvalue weighted by molar-refractivity contribution is 6.08. The Morgan fingerprint density at radius 3 is 2.68 bits per heavy atom. The molecule has 0 unspecified atom stereocenters. The smallest absolute Gasteiger partial charge is 0.248 e. The molecule has 1 aromatic rings.